The van der Waals surface area contributed by atoms with Gasteiger partial charge >= 0.3 is 0 Å². The van der Waals surface area contributed by atoms with Gasteiger partial charge in [-0.1, -0.05) is 18.5 Å². The van der Waals surface area contributed by atoms with Crippen molar-refractivity contribution in [2.45, 2.75) is 19.4 Å². The van der Waals surface area contributed by atoms with Crippen LogP contribution in [0.3, 0.4) is 0 Å². The number of fused-ring (bicyclic) bond motifs is 1. The van der Waals surface area contributed by atoms with Crippen LogP contribution in [0.15, 0.2) is 12.1 Å². The normalized spacial score (nSPS) is 14.2. The van der Waals surface area contributed by atoms with Crippen LogP contribution in [0, 0.1) is 0 Å². The average molecular weight is 320 g/mol. The lowest BCUT2D eigenvalue weighted by Crippen LogP contribution is -2.35. The molecule has 0 radical (unpaired) electrons. The molecule has 1 aliphatic rings. The summed E-state index contributed by atoms with van der Waals surface area (Å²) in [5.74, 6) is -0.0954. The number of nitrogens with one attached hydrogen (secondary N) is 2. The SMILES string of the molecule is CC[C@H](N)C(=O)Nc1cc2c(cc1Cl)NC(=O)CO2.Cl. The van der Waals surface area contributed by atoms with Crippen molar-refractivity contribution in [3.05, 3.63) is 17.2 Å². The van der Waals surface area contributed by atoms with Gasteiger partial charge in [-0.2, -0.15) is 0 Å². The van der Waals surface area contributed by atoms with E-state index in [0.717, 1.165) is 0 Å². The van der Waals surface area contributed by atoms with Gasteiger partial charge in [0.25, 0.3) is 5.91 Å². The summed E-state index contributed by atoms with van der Waals surface area (Å²) in [6, 6.07) is 2.51. The molecule has 0 aliphatic carbocycles. The van der Waals surface area contributed by atoms with Gasteiger partial charge in [0.2, 0.25) is 5.91 Å². The van der Waals surface area contributed by atoms with Crippen LogP contribution in [-0.2, 0) is 9.59 Å². The molecule has 1 atom stereocenters. The molecule has 0 bridgehead atoms. The number of halogens is 2. The highest BCUT2D eigenvalue weighted by atomic mass is 35.5. The first-order valence-corrected chi connectivity index (χ1v) is 6.21. The third-order valence-electron chi connectivity index (χ3n) is 2.74. The number of carbonyl (C=O) groups is 2. The van der Waals surface area contributed by atoms with Gasteiger partial charge in [-0.05, 0) is 12.5 Å². The lowest BCUT2D eigenvalue weighted by atomic mass is 10.2. The Kier molecular flexibility index (Phi) is 5.62. The minimum atomic E-state index is -0.590. The summed E-state index contributed by atoms with van der Waals surface area (Å²) < 4.78 is 5.25. The van der Waals surface area contributed by atoms with Crippen molar-refractivity contribution >= 4 is 47.2 Å². The number of amides is 2. The molecule has 2 amide bonds. The number of anilines is 2. The zero-order valence-corrected chi connectivity index (χ0v) is 12.3. The summed E-state index contributed by atoms with van der Waals surface area (Å²) in [6.45, 7) is 1.76. The van der Waals surface area contributed by atoms with Gasteiger partial charge in [0.1, 0.15) is 5.75 Å². The van der Waals surface area contributed by atoms with Crippen molar-refractivity contribution in [2.24, 2.45) is 5.73 Å². The molecule has 0 saturated heterocycles. The Morgan fingerprint density at radius 1 is 1.60 bits per heavy atom. The van der Waals surface area contributed by atoms with Crippen molar-refractivity contribution in [3.8, 4) is 5.75 Å². The van der Waals surface area contributed by atoms with Crippen LogP contribution in [0.4, 0.5) is 11.4 Å². The van der Waals surface area contributed by atoms with Gasteiger partial charge in [0, 0.05) is 6.07 Å². The van der Waals surface area contributed by atoms with Crippen molar-refractivity contribution < 1.29 is 14.3 Å². The van der Waals surface area contributed by atoms with E-state index in [0.29, 0.717) is 28.6 Å². The molecule has 1 aromatic rings. The monoisotopic (exact) mass is 319 g/mol. The molecular weight excluding hydrogens is 305 g/mol. The van der Waals surface area contributed by atoms with E-state index in [1.54, 1.807) is 6.07 Å². The maximum Gasteiger partial charge on any atom is 0.262 e. The smallest absolute Gasteiger partial charge is 0.262 e. The van der Waals surface area contributed by atoms with Crippen LogP contribution in [0.25, 0.3) is 0 Å². The van der Waals surface area contributed by atoms with E-state index in [1.165, 1.54) is 6.07 Å². The van der Waals surface area contributed by atoms with Gasteiger partial charge in [0.05, 0.1) is 22.4 Å². The fraction of sp³-hybridized carbons (Fsp3) is 0.333. The van der Waals surface area contributed by atoms with Gasteiger partial charge in [-0.3, -0.25) is 9.59 Å². The maximum atomic E-state index is 11.7. The summed E-state index contributed by atoms with van der Waals surface area (Å²) in [4.78, 5) is 22.9. The van der Waals surface area contributed by atoms with Gasteiger partial charge < -0.3 is 21.1 Å². The third-order valence-corrected chi connectivity index (χ3v) is 3.05. The standard InChI is InChI=1S/C12H14ClN3O3.ClH/c1-2-7(14)12(18)16-8-4-10-9(3-6(8)13)15-11(17)5-19-10;/h3-4,7H,2,5,14H2,1H3,(H,15,17)(H,16,18);1H/t7-;/m0./s1. The maximum absolute atomic E-state index is 11.7. The Morgan fingerprint density at radius 2 is 2.30 bits per heavy atom. The minimum Gasteiger partial charge on any atom is -0.482 e. The molecule has 6 nitrogen and oxygen atoms in total. The lowest BCUT2D eigenvalue weighted by Gasteiger charge is -2.20. The van der Waals surface area contributed by atoms with Crippen LogP contribution < -0.4 is 21.1 Å². The topological polar surface area (TPSA) is 93.5 Å². The Morgan fingerprint density at radius 3 is 2.95 bits per heavy atom. The Bertz CT molecular complexity index is 537. The summed E-state index contributed by atoms with van der Waals surface area (Å²) in [5.41, 5.74) is 6.52. The quantitative estimate of drug-likeness (QED) is 0.791. The molecule has 0 fully saturated rings. The Labute approximate surface area is 127 Å². The summed E-state index contributed by atoms with van der Waals surface area (Å²) in [7, 11) is 0. The van der Waals surface area contributed by atoms with E-state index in [4.69, 9.17) is 22.1 Å². The van der Waals surface area contributed by atoms with E-state index in [2.05, 4.69) is 10.6 Å². The number of benzene rings is 1. The zero-order valence-electron chi connectivity index (χ0n) is 10.7. The Hall–Kier alpha value is -1.50. The van der Waals surface area contributed by atoms with E-state index in [1.807, 2.05) is 6.92 Å². The average Bonchev–Trinajstić information content (AvgIpc) is 2.38. The summed E-state index contributed by atoms with van der Waals surface area (Å²) >= 11 is 6.04. The molecule has 0 unspecified atom stereocenters. The molecule has 0 spiro atoms. The number of carbonyl (C=O) groups excluding carboxylic acids is 2. The van der Waals surface area contributed by atoms with Gasteiger partial charge in [-0.15, -0.1) is 12.4 Å². The van der Waals surface area contributed by atoms with E-state index in [-0.39, 0.29) is 30.8 Å². The molecule has 1 aromatic carbocycles. The highest BCUT2D eigenvalue weighted by molar-refractivity contribution is 6.34. The molecule has 0 aromatic heterocycles. The van der Waals surface area contributed by atoms with Crippen LogP contribution in [-0.4, -0.2) is 24.5 Å². The van der Waals surface area contributed by atoms with Gasteiger partial charge in [-0.25, -0.2) is 0 Å². The highest BCUT2D eigenvalue weighted by Gasteiger charge is 2.20. The molecule has 20 heavy (non-hydrogen) atoms. The first kappa shape index (κ1) is 16.6. The molecule has 4 N–H and O–H groups in total. The predicted molar refractivity (Wildman–Crippen MR) is 79.7 cm³/mol. The van der Waals surface area contributed by atoms with Crippen molar-refractivity contribution in [2.75, 3.05) is 17.2 Å². The number of rotatable bonds is 3. The summed E-state index contributed by atoms with van der Waals surface area (Å²) in [6.07, 6.45) is 0.529. The van der Waals surface area contributed by atoms with Crippen LogP contribution in [0.1, 0.15) is 13.3 Å². The van der Waals surface area contributed by atoms with Crippen molar-refractivity contribution in [1.82, 2.24) is 0 Å². The molecular formula is C12H15Cl2N3O3. The van der Waals surface area contributed by atoms with Crippen LogP contribution in [0.2, 0.25) is 5.02 Å². The second-order valence-corrected chi connectivity index (χ2v) is 4.58. The first-order chi connectivity index (χ1) is 9.01. The second-order valence-electron chi connectivity index (χ2n) is 4.17. The highest BCUT2D eigenvalue weighted by Crippen LogP contribution is 2.36. The minimum absolute atomic E-state index is 0. The van der Waals surface area contributed by atoms with E-state index in [9.17, 15) is 9.59 Å². The van der Waals surface area contributed by atoms with Gasteiger partial charge in [0.15, 0.2) is 6.61 Å². The van der Waals surface area contributed by atoms with E-state index >= 15 is 0 Å². The summed E-state index contributed by atoms with van der Waals surface area (Å²) in [5, 5.41) is 5.57. The number of nitrogens with two attached hydrogens (primary N) is 1. The Balaban J connectivity index is 0.00000200. The number of hydrogen-bond donors (Lipinski definition) is 3. The predicted octanol–water partition coefficient (Wildman–Crippen LogP) is 1.77. The molecule has 0 saturated carbocycles. The van der Waals surface area contributed by atoms with Crippen LogP contribution >= 0.6 is 24.0 Å². The van der Waals surface area contributed by atoms with E-state index < -0.39 is 6.04 Å². The fourth-order valence-corrected chi connectivity index (χ4v) is 1.82. The second kappa shape index (κ2) is 6.78. The number of ether oxygens (including phenoxy) is 1. The largest absolute Gasteiger partial charge is 0.482 e. The third kappa shape index (κ3) is 3.53. The number of hydrogen-bond acceptors (Lipinski definition) is 4. The fourth-order valence-electron chi connectivity index (χ4n) is 1.61. The van der Waals surface area contributed by atoms with Crippen molar-refractivity contribution in [1.29, 1.82) is 0 Å². The molecule has 1 aliphatic heterocycles. The lowest BCUT2D eigenvalue weighted by molar-refractivity contribution is -0.119. The van der Waals surface area contributed by atoms with Crippen LogP contribution in [0.5, 0.6) is 5.75 Å². The molecule has 8 heteroatoms. The molecule has 2 rings (SSSR count). The molecule has 110 valence electrons. The van der Waals surface area contributed by atoms with Crippen molar-refractivity contribution in [3.63, 3.8) is 0 Å². The zero-order chi connectivity index (χ0) is 14.0. The first-order valence-electron chi connectivity index (χ1n) is 5.84. The molecule has 1 heterocycles.